The number of anilines is 3. The molecule has 48 heavy (non-hydrogen) atoms. The van der Waals surface area contributed by atoms with Crippen LogP contribution in [0.2, 0.25) is 0 Å². The fourth-order valence-corrected chi connectivity index (χ4v) is 7.30. The van der Waals surface area contributed by atoms with Crippen LogP contribution in [0.4, 0.5) is 17.2 Å². The summed E-state index contributed by atoms with van der Waals surface area (Å²) in [6.07, 6.45) is 3.68. The number of fused-ring (bicyclic) bond motifs is 6. The van der Waals surface area contributed by atoms with Gasteiger partial charge >= 0.3 is 0 Å². The van der Waals surface area contributed by atoms with Crippen LogP contribution in [0.25, 0.3) is 38.8 Å². The Labute approximate surface area is 279 Å². The van der Waals surface area contributed by atoms with Gasteiger partial charge in [0.15, 0.2) is 0 Å². The van der Waals surface area contributed by atoms with Crippen LogP contribution in [0.1, 0.15) is 25.0 Å². The van der Waals surface area contributed by atoms with Gasteiger partial charge in [-0.2, -0.15) is 0 Å². The molecule has 0 N–H and O–H groups in total. The van der Waals surface area contributed by atoms with Crippen molar-refractivity contribution in [2.24, 2.45) is 0 Å². The first-order valence-corrected chi connectivity index (χ1v) is 16.2. The molecule has 8 aromatic rings. The van der Waals surface area contributed by atoms with E-state index in [1.54, 1.807) is 0 Å². The second-order valence-corrected chi connectivity index (χ2v) is 12.7. The van der Waals surface area contributed by atoms with E-state index < -0.39 is 0 Å². The van der Waals surface area contributed by atoms with Gasteiger partial charge in [0.05, 0.1) is 28.1 Å². The van der Waals surface area contributed by atoms with Crippen LogP contribution in [0.3, 0.4) is 0 Å². The van der Waals surface area contributed by atoms with E-state index in [0.29, 0.717) is 0 Å². The molecule has 1 aliphatic rings. The first kappa shape index (κ1) is 28.1. The molecule has 0 spiro atoms. The maximum absolute atomic E-state index is 6.59. The third-order valence-corrected chi connectivity index (χ3v) is 9.51. The fourth-order valence-electron chi connectivity index (χ4n) is 7.30. The van der Waals surface area contributed by atoms with Crippen molar-refractivity contribution in [3.05, 3.63) is 169 Å². The van der Waals surface area contributed by atoms with E-state index in [9.17, 15) is 0 Å². The van der Waals surface area contributed by atoms with Gasteiger partial charge in [0.25, 0.3) is 0 Å². The van der Waals surface area contributed by atoms with Crippen LogP contribution in [-0.2, 0) is 5.41 Å². The Morgan fingerprint density at radius 1 is 0.583 bits per heavy atom. The van der Waals surface area contributed by atoms with Gasteiger partial charge in [-0.3, -0.25) is 9.88 Å². The van der Waals surface area contributed by atoms with Gasteiger partial charge in [-0.05, 0) is 77.9 Å². The summed E-state index contributed by atoms with van der Waals surface area (Å²) < 4.78 is 8.96. The highest BCUT2D eigenvalue weighted by atomic mass is 16.5. The van der Waals surface area contributed by atoms with Crippen LogP contribution in [-0.4, -0.2) is 14.5 Å². The van der Waals surface area contributed by atoms with Crippen molar-refractivity contribution < 1.29 is 4.74 Å². The number of para-hydroxylation sites is 2. The molecule has 5 heteroatoms. The van der Waals surface area contributed by atoms with E-state index in [1.807, 2.05) is 54.9 Å². The smallest absolute Gasteiger partial charge is 0.137 e. The summed E-state index contributed by atoms with van der Waals surface area (Å²) in [7, 11) is 0. The number of aromatic nitrogens is 3. The Kier molecular flexibility index (Phi) is 6.40. The number of pyridine rings is 2. The Hall–Kier alpha value is -6.20. The number of nitrogens with zero attached hydrogens (tertiary/aromatic N) is 4. The molecule has 0 amide bonds. The van der Waals surface area contributed by atoms with Crippen LogP contribution in [0, 0.1) is 0 Å². The summed E-state index contributed by atoms with van der Waals surface area (Å²) in [6.45, 7) is 4.64. The largest absolute Gasteiger partial charge is 0.457 e. The maximum atomic E-state index is 6.59. The highest BCUT2D eigenvalue weighted by Gasteiger charge is 2.39. The summed E-state index contributed by atoms with van der Waals surface area (Å²) in [5.41, 5.74) is 9.73. The Morgan fingerprint density at radius 2 is 1.33 bits per heavy atom. The lowest BCUT2D eigenvalue weighted by atomic mass is 9.73. The van der Waals surface area contributed by atoms with Crippen molar-refractivity contribution in [2.75, 3.05) is 4.90 Å². The van der Waals surface area contributed by atoms with Crippen molar-refractivity contribution in [1.29, 1.82) is 0 Å². The average Bonchev–Trinajstić information content (AvgIpc) is 3.48. The minimum absolute atomic E-state index is 0.294. The average molecular weight is 621 g/mol. The van der Waals surface area contributed by atoms with Crippen LogP contribution >= 0.6 is 0 Å². The Morgan fingerprint density at radius 3 is 2.15 bits per heavy atom. The van der Waals surface area contributed by atoms with E-state index in [-0.39, 0.29) is 5.41 Å². The van der Waals surface area contributed by atoms with E-state index in [1.165, 1.54) is 27.4 Å². The molecule has 5 nitrogen and oxygen atoms in total. The zero-order valence-electron chi connectivity index (χ0n) is 26.7. The van der Waals surface area contributed by atoms with Gasteiger partial charge < -0.3 is 9.30 Å². The number of benzene rings is 5. The minimum Gasteiger partial charge on any atom is -0.457 e. The predicted octanol–water partition coefficient (Wildman–Crippen LogP) is 11.1. The lowest BCUT2D eigenvalue weighted by Crippen LogP contribution is -2.31. The van der Waals surface area contributed by atoms with Crippen molar-refractivity contribution in [3.8, 4) is 28.4 Å². The van der Waals surface area contributed by atoms with E-state index >= 15 is 0 Å². The summed E-state index contributed by atoms with van der Waals surface area (Å²) in [6, 6.07) is 50.5. The van der Waals surface area contributed by atoms with Gasteiger partial charge in [0.2, 0.25) is 0 Å². The van der Waals surface area contributed by atoms with E-state index in [0.717, 1.165) is 51.2 Å². The third kappa shape index (κ3) is 4.39. The molecule has 3 aromatic heterocycles. The minimum atomic E-state index is -0.294. The molecule has 0 bridgehead atoms. The number of hydrogen-bond donors (Lipinski definition) is 0. The zero-order valence-corrected chi connectivity index (χ0v) is 26.7. The molecular weight excluding hydrogens is 589 g/mol. The molecule has 9 rings (SSSR count). The number of ether oxygens (including phenoxy) is 1. The quantitative estimate of drug-likeness (QED) is 0.192. The standard InChI is InChI=1S/C43H32N4O/c1-43(2)34-22-21-32(48-31-16-12-13-29(27-31)36-18-8-10-25-44-36)28-39(34)47(40-20-9-11-26-45-40)42-35(43)23-24-38-41(42)33-17-6-7-19-37(33)46(38)30-14-4-3-5-15-30/h3-28H,1-2H3. The van der Waals surface area contributed by atoms with Crippen molar-refractivity contribution in [2.45, 2.75) is 19.3 Å². The fraction of sp³-hybridized carbons (Fsp3) is 0.0698. The first-order valence-electron chi connectivity index (χ1n) is 16.2. The summed E-state index contributed by atoms with van der Waals surface area (Å²) >= 11 is 0. The molecule has 0 aliphatic carbocycles. The van der Waals surface area contributed by atoms with Gasteiger partial charge in [-0.15, -0.1) is 0 Å². The lowest BCUT2D eigenvalue weighted by Gasteiger charge is -2.42. The van der Waals surface area contributed by atoms with Crippen molar-refractivity contribution in [3.63, 3.8) is 0 Å². The Balaban J connectivity index is 1.27. The maximum Gasteiger partial charge on any atom is 0.137 e. The highest BCUT2D eigenvalue weighted by molar-refractivity contribution is 6.18. The molecule has 0 saturated carbocycles. The monoisotopic (exact) mass is 620 g/mol. The molecule has 0 unspecified atom stereocenters. The summed E-state index contributed by atoms with van der Waals surface area (Å²) in [5.74, 6) is 2.37. The van der Waals surface area contributed by atoms with Crippen LogP contribution < -0.4 is 9.64 Å². The number of hydrogen-bond acceptors (Lipinski definition) is 4. The van der Waals surface area contributed by atoms with Crippen molar-refractivity contribution in [1.82, 2.24) is 14.5 Å². The molecule has 0 saturated heterocycles. The van der Waals surface area contributed by atoms with Crippen molar-refractivity contribution >= 4 is 39.0 Å². The van der Waals surface area contributed by atoms with Gasteiger partial charge in [0, 0.05) is 45.9 Å². The predicted molar refractivity (Wildman–Crippen MR) is 195 cm³/mol. The van der Waals surface area contributed by atoms with E-state index in [4.69, 9.17) is 9.72 Å². The SMILES string of the molecule is CC1(C)c2ccc(Oc3cccc(-c4ccccn4)c3)cc2N(c2ccccn2)c2c1ccc1c2c2ccccc2n1-c1ccccc1. The topological polar surface area (TPSA) is 43.2 Å². The lowest BCUT2D eigenvalue weighted by molar-refractivity contribution is 0.482. The van der Waals surface area contributed by atoms with E-state index in [2.05, 4.69) is 131 Å². The molecule has 0 radical (unpaired) electrons. The zero-order chi connectivity index (χ0) is 32.2. The molecule has 230 valence electrons. The second kappa shape index (κ2) is 11.0. The molecule has 0 fully saturated rings. The highest BCUT2D eigenvalue weighted by Crippen LogP contribution is 2.56. The molecular formula is C43H32N4O. The summed E-state index contributed by atoms with van der Waals surface area (Å²) in [5, 5.41) is 2.40. The van der Waals surface area contributed by atoms with Gasteiger partial charge in [-0.25, -0.2) is 4.98 Å². The second-order valence-electron chi connectivity index (χ2n) is 12.7. The van der Waals surface area contributed by atoms with Crippen LogP contribution in [0.5, 0.6) is 11.5 Å². The molecule has 5 aromatic carbocycles. The third-order valence-electron chi connectivity index (χ3n) is 9.51. The molecule has 4 heterocycles. The number of rotatable bonds is 5. The first-order chi connectivity index (χ1) is 23.6. The molecule has 1 aliphatic heterocycles. The van der Waals surface area contributed by atoms with Gasteiger partial charge in [-0.1, -0.05) is 86.6 Å². The van der Waals surface area contributed by atoms with Gasteiger partial charge in [0.1, 0.15) is 17.3 Å². The normalized spacial score (nSPS) is 13.3. The molecule has 0 atom stereocenters. The van der Waals surface area contributed by atoms with Crippen LogP contribution in [0.15, 0.2) is 158 Å². The Bertz CT molecular complexity index is 2450. The summed E-state index contributed by atoms with van der Waals surface area (Å²) in [4.78, 5) is 11.8.